The molecular weight excluding hydrogens is 224 g/mol. The molecule has 0 unspecified atom stereocenters. The molecule has 0 aliphatic heterocycles. The van der Waals surface area contributed by atoms with Crippen molar-refractivity contribution in [3.8, 4) is 0 Å². The molecule has 0 atom stereocenters. The van der Waals surface area contributed by atoms with Crippen molar-refractivity contribution in [2.45, 2.75) is 6.92 Å². The van der Waals surface area contributed by atoms with Gasteiger partial charge in [0.15, 0.2) is 0 Å². The van der Waals surface area contributed by atoms with E-state index in [9.17, 15) is 10.1 Å². The van der Waals surface area contributed by atoms with Gasteiger partial charge in [-0.05, 0) is 13.0 Å². The number of halogens is 1. The lowest BCUT2D eigenvalue weighted by atomic mass is 10.2. The predicted octanol–water partition coefficient (Wildman–Crippen LogP) is 2.25. The molecule has 0 radical (unpaired) electrons. The standard InChI is InChI=1S/C7H7BrN2O2/c1-4-6(8)2-5(9)3-7(4)10(11)12/h2-3H,9H2,1H3. The van der Waals surface area contributed by atoms with Gasteiger partial charge in [-0.3, -0.25) is 10.1 Å². The van der Waals surface area contributed by atoms with E-state index in [-0.39, 0.29) is 5.69 Å². The zero-order chi connectivity index (χ0) is 9.30. The Morgan fingerprint density at radius 3 is 2.67 bits per heavy atom. The highest BCUT2D eigenvalue weighted by molar-refractivity contribution is 9.10. The van der Waals surface area contributed by atoms with E-state index in [1.807, 2.05) is 0 Å². The summed E-state index contributed by atoms with van der Waals surface area (Å²) in [4.78, 5) is 10.0. The fraction of sp³-hybridized carbons (Fsp3) is 0.143. The Bertz CT molecular complexity index is 338. The van der Waals surface area contributed by atoms with Gasteiger partial charge in [-0.1, -0.05) is 15.9 Å². The number of nitrogen functional groups attached to an aromatic ring is 1. The molecule has 1 aromatic rings. The number of nitro groups is 1. The number of nitrogens with two attached hydrogens (primary N) is 1. The van der Waals surface area contributed by atoms with E-state index < -0.39 is 4.92 Å². The maximum Gasteiger partial charge on any atom is 0.275 e. The van der Waals surface area contributed by atoms with E-state index in [0.717, 1.165) is 0 Å². The van der Waals surface area contributed by atoms with Crippen LogP contribution in [0.1, 0.15) is 5.56 Å². The number of nitro benzene ring substituents is 1. The van der Waals surface area contributed by atoms with Crippen LogP contribution in [-0.4, -0.2) is 4.92 Å². The number of hydrogen-bond acceptors (Lipinski definition) is 3. The SMILES string of the molecule is Cc1c(Br)cc(N)cc1[N+](=O)[O-]. The maximum absolute atomic E-state index is 10.5. The summed E-state index contributed by atoms with van der Waals surface area (Å²) in [6, 6.07) is 2.99. The van der Waals surface area contributed by atoms with Gasteiger partial charge in [-0.2, -0.15) is 0 Å². The summed E-state index contributed by atoms with van der Waals surface area (Å²) >= 11 is 3.18. The summed E-state index contributed by atoms with van der Waals surface area (Å²) in [5.74, 6) is 0. The number of nitrogens with zero attached hydrogens (tertiary/aromatic N) is 1. The molecule has 0 amide bonds. The zero-order valence-electron chi connectivity index (χ0n) is 6.37. The molecule has 1 aromatic carbocycles. The molecule has 0 bridgehead atoms. The van der Waals surface area contributed by atoms with Crippen molar-refractivity contribution in [3.63, 3.8) is 0 Å². The molecule has 64 valence electrons. The lowest BCUT2D eigenvalue weighted by molar-refractivity contribution is -0.385. The van der Waals surface area contributed by atoms with E-state index in [1.165, 1.54) is 6.07 Å². The van der Waals surface area contributed by atoms with Crippen molar-refractivity contribution in [2.75, 3.05) is 5.73 Å². The van der Waals surface area contributed by atoms with Gasteiger partial charge < -0.3 is 5.73 Å². The Morgan fingerprint density at radius 2 is 2.17 bits per heavy atom. The minimum Gasteiger partial charge on any atom is -0.398 e. The summed E-state index contributed by atoms with van der Waals surface area (Å²) in [5.41, 5.74) is 6.46. The second-order valence-electron chi connectivity index (χ2n) is 2.40. The van der Waals surface area contributed by atoms with Crippen LogP contribution in [0.3, 0.4) is 0 Å². The normalized spacial score (nSPS) is 9.83. The van der Waals surface area contributed by atoms with Crippen molar-refractivity contribution >= 4 is 27.3 Å². The highest BCUT2D eigenvalue weighted by Crippen LogP contribution is 2.28. The Labute approximate surface area is 77.7 Å². The quantitative estimate of drug-likeness (QED) is 0.457. The first-order valence-electron chi connectivity index (χ1n) is 3.22. The smallest absolute Gasteiger partial charge is 0.275 e. The van der Waals surface area contributed by atoms with Gasteiger partial charge in [0.25, 0.3) is 5.69 Å². The Kier molecular flexibility index (Phi) is 2.32. The summed E-state index contributed by atoms with van der Waals surface area (Å²) in [7, 11) is 0. The van der Waals surface area contributed by atoms with Crippen molar-refractivity contribution in [3.05, 3.63) is 32.3 Å². The highest BCUT2D eigenvalue weighted by Gasteiger charge is 2.13. The van der Waals surface area contributed by atoms with Crippen molar-refractivity contribution < 1.29 is 4.92 Å². The van der Waals surface area contributed by atoms with Crippen LogP contribution in [0.25, 0.3) is 0 Å². The topological polar surface area (TPSA) is 69.2 Å². The first-order valence-corrected chi connectivity index (χ1v) is 4.01. The third kappa shape index (κ3) is 1.55. The van der Waals surface area contributed by atoms with Crippen molar-refractivity contribution in [1.82, 2.24) is 0 Å². The first-order chi connectivity index (χ1) is 5.52. The van der Waals surface area contributed by atoms with Gasteiger partial charge >= 0.3 is 0 Å². The number of hydrogen-bond donors (Lipinski definition) is 1. The van der Waals surface area contributed by atoms with Crippen LogP contribution < -0.4 is 5.73 Å². The minimum absolute atomic E-state index is 0.0434. The minimum atomic E-state index is -0.448. The average molecular weight is 231 g/mol. The van der Waals surface area contributed by atoms with E-state index in [0.29, 0.717) is 15.7 Å². The molecule has 0 fully saturated rings. The van der Waals surface area contributed by atoms with Crippen LogP contribution in [0.2, 0.25) is 0 Å². The van der Waals surface area contributed by atoms with Gasteiger partial charge in [0, 0.05) is 21.8 Å². The van der Waals surface area contributed by atoms with E-state index in [1.54, 1.807) is 13.0 Å². The molecule has 0 aromatic heterocycles. The van der Waals surface area contributed by atoms with Crippen LogP contribution >= 0.6 is 15.9 Å². The third-order valence-corrected chi connectivity index (χ3v) is 2.36. The highest BCUT2D eigenvalue weighted by atomic mass is 79.9. The monoisotopic (exact) mass is 230 g/mol. The van der Waals surface area contributed by atoms with Crippen LogP contribution in [0.15, 0.2) is 16.6 Å². The maximum atomic E-state index is 10.5. The Hall–Kier alpha value is -1.10. The Morgan fingerprint density at radius 1 is 1.58 bits per heavy atom. The molecule has 0 saturated carbocycles. The van der Waals surface area contributed by atoms with Gasteiger partial charge in [0.1, 0.15) is 0 Å². The average Bonchev–Trinajstić information content (AvgIpc) is 1.96. The molecule has 2 N–H and O–H groups in total. The van der Waals surface area contributed by atoms with Crippen molar-refractivity contribution in [2.24, 2.45) is 0 Å². The van der Waals surface area contributed by atoms with E-state index in [4.69, 9.17) is 5.73 Å². The second-order valence-corrected chi connectivity index (χ2v) is 3.26. The van der Waals surface area contributed by atoms with E-state index in [2.05, 4.69) is 15.9 Å². The summed E-state index contributed by atoms with van der Waals surface area (Å²) in [6.45, 7) is 1.67. The molecule has 1 rings (SSSR count). The second kappa shape index (κ2) is 3.10. The van der Waals surface area contributed by atoms with Crippen LogP contribution in [0.5, 0.6) is 0 Å². The summed E-state index contributed by atoms with van der Waals surface area (Å²) < 4.78 is 0.661. The van der Waals surface area contributed by atoms with E-state index >= 15 is 0 Å². The predicted molar refractivity (Wildman–Crippen MR) is 49.9 cm³/mol. The Balaban J connectivity index is 3.37. The van der Waals surface area contributed by atoms with Gasteiger partial charge in [-0.25, -0.2) is 0 Å². The molecule has 0 aliphatic rings. The molecule has 4 nitrogen and oxygen atoms in total. The van der Waals surface area contributed by atoms with Gasteiger partial charge in [0.2, 0.25) is 0 Å². The lowest BCUT2D eigenvalue weighted by Gasteiger charge is -2.00. The number of anilines is 1. The fourth-order valence-corrected chi connectivity index (χ4v) is 1.34. The first kappa shape index (κ1) is 8.99. The molecule has 0 saturated heterocycles. The third-order valence-electron chi connectivity index (χ3n) is 1.54. The molecule has 0 spiro atoms. The van der Waals surface area contributed by atoms with Crippen molar-refractivity contribution in [1.29, 1.82) is 0 Å². The number of benzene rings is 1. The summed E-state index contributed by atoms with van der Waals surface area (Å²) in [5, 5.41) is 10.5. The molecular formula is C7H7BrN2O2. The molecule has 0 heterocycles. The van der Waals surface area contributed by atoms with Gasteiger partial charge in [0.05, 0.1) is 4.92 Å². The van der Waals surface area contributed by atoms with Crippen LogP contribution in [0, 0.1) is 17.0 Å². The van der Waals surface area contributed by atoms with Crippen LogP contribution in [0.4, 0.5) is 11.4 Å². The van der Waals surface area contributed by atoms with Crippen LogP contribution in [-0.2, 0) is 0 Å². The largest absolute Gasteiger partial charge is 0.398 e. The fourth-order valence-electron chi connectivity index (χ4n) is 0.874. The molecule has 5 heteroatoms. The summed E-state index contributed by atoms with van der Waals surface area (Å²) in [6.07, 6.45) is 0. The lowest BCUT2D eigenvalue weighted by Crippen LogP contribution is -1.95. The number of rotatable bonds is 1. The zero-order valence-corrected chi connectivity index (χ0v) is 7.96. The molecule has 0 aliphatic carbocycles. The van der Waals surface area contributed by atoms with Gasteiger partial charge in [-0.15, -0.1) is 0 Å². The molecule has 12 heavy (non-hydrogen) atoms.